The van der Waals surface area contributed by atoms with Crippen LogP contribution in [0.15, 0.2) is 30.6 Å². The van der Waals surface area contributed by atoms with E-state index in [9.17, 15) is 0 Å². The van der Waals surface area contributed by atoms with Crippen LogP contribution >= 0.6 is 0 Å². The lowest BCUT2D eigenvalue weighted by Gasteiger charge is -2.37. The summed E-state index contributed by atoms with van der Waals surface area (Å²) in [5.41, 5.74) is 3.68. The molecule has 1 aliphatic carbocycles. The Morgan fingerprint density at radius 2 is 2.08 bits per heavy atom. The predicted octanol–water partition coefficient (Wildman–Crippen LogP) is 2.51. The van der Waals surface area contributed by atoms with E-state index in [-0.39, 0.29) is 11.5 Å². The number of rotatable bonds is 4. The van der Waals surface area contributed by atoms with Crippen LogP contribution in [0.1, 0.15) is 43.3 Å². The third kappa shape index (κ3) is 3.86. The summed E-state index contributed by atoms with van der Waals surface area (Å²) < 4.78 is 5.44. The number of pyridine rings is 1. The molecule has 6 heteroatoms. The summed E-state index contributed by atoms with van der Waals surface area (Å²) >= 11 is 0. The summed E-state index contributed by atoms with van der Waals surface area (Å²) in [5.74, 6) is 0.841. The SMILES string of the molecule is CC1(C)Cc2nc(N3CCOCC3)ncc2C(NCc2ccccn2)C1. The highest BCUT2D eigenvalue weighted by Gasteiger charge is 2.34. The monoisotopic (exact) mass is 353 g/mol. The Bertz CT molecular complexity index is 743. The lowest BCUT2D eigenvalue weighted by Crippen LogP contribution is -2.39. The van der Waals surface area contributed by atoms with Crippen LogP contribution in [-0.4, -0.2) is 41.3 Å². The zero-order chi connectivity index (χ0) is 18.0. The van der Waals surface area contributed by atoms with Crippen molar-refractivity contribution in [2.24, 2.45) is 5.41 Å². The van der Waals surface area contributed by atoms with Gasteiger partial charge in [0.25, 0.3) is 0 Å². The molecule has 0 aromatic carbocycles. The number of anilines is 1. The van der Waals surface area contributed by atoms with Crippen molar-refractivity contribution in [3.8, 4) is 0 Å². The van der Waals surface area contributed by atoms with Crippen LogP contribution in [0, 0.1) is 5.41 Å². The van der Waals surface area contributed by atoms with Gasteiger partial charge in [-0.3, -0.25) is 4.98 Å². The molecule has 1 saturated heterocycles. The Kier molecular flexibility index (Phi) is 4.87. The van der Waals surface area contributed by atoms with Gasteiger partial charge in [0.1, 0.15) is 0 Å². The largest absolute Gasteiger partial charge is 0.378 e. The van der Waals surface area contributed by atoms with E-state index in [1.54, 1.807) is 0 Å². The average Bonchev–Trinajstić information content (AvgIpc) is 2.66. The average molecular weight is 353 g/mol. The maximum Gasteiger partial charge on any atom is 0.225 e. The van der Waals surface area contributed by atoms with Gasteiger partial charge in [0.2, 0.25) is 5.95 Å². The lowest BCUT2D eigenvalue weighted by atomic mass is 9.74. The van der Waals surface area contributed by atoms with Gasteiger partial charge in [-0.05, 0) is 30.4 Å². The smallest absolute Gasteiger partial charge is 0.225 e. The van der Waals surface area contributed by atoms with Crippen molar-refractivity contribution < 1.29 is 4.74 Å². The topological polar surface area (TPSA) is 63.2 Å². The van der Waals surface area contributed by atoms with Crippen molar-refractivity contribution in [3.05, 3.63) is 47.5 Å². The summed E-state index contributed by atoms with van der Waals surface area (Å²) in [6, 6.07) is 6.29. The van der Waals surface area contributed by atoms with Crippen LogP contribution in [0.5, 0.6) is 0 Å². The van der Waals surface area contributed by atoms with E-state index in [0.29, 0.717) is 0 Å². The van der Waals surface area contributed by atoms with E-state index >= 15 is 0 Å². The molecule has 1 aliphatic heterocycles. The maximum atomic E-state index is 5.44. The van der Waals surface area contributed by atoms with Gasteiger partial charge < -0.3 is 15.0 Å². The van der Waals surface area contributed by atoms with Crippen molar-refractivity contribution in [2.45, 2.75) is 39.3 Å². The molecule has 2 aromatic heterocycles. The van der Waals surface area contributed by atoms with Gasteiger partial charge in [0.15, 0.2) is 0 Å². The molecule has 3 heterocycles. The minimum Gasteiger partial charge on any atom is -0.378 e. The predicted molar refractivity (Wildman–Crippen MR) is 101 cm³/mol. The molecule has 0 bridgehead atoms. The van der Waals surface area contributed by atoms with Crippen LogP contribution in [0.2, 0.25) is 0 Å². The molecule has 2 aliphatic rings. The number of morpholine rings is 1. The molecular formula is C20H27N5O. The molecule has 138 valence electrons. The van der Waals surface area contributed by atoms with E-state index < -0.39 is 0 Å². The molecular weight excluding hydrogens is 326 g/mol. The fraction of sp³-hybridized carbons (Fsp3) is 0.550. The Hall–Kier alpha value is -2.05. The maximum absolute atomic E-state index is 5.44. The molecule has 0 saturated carbocycles. The first-order valence-corrected chi connectivity index (χ1v) is 9.42. The Morgan fingerprint density at radius 3 is 2.85 bits per heavy atom. The van der Waals surface area contributed by atoms with Gasteiger partial charge in [-0.1, -0.05) is 19.9 Å². The summed E-state index contributed by atoms with van der Waals surface area (Å²) in [7, 11) is 0. The van der Waals surface area contributed by atoms with E-state index in [1.807, 2.05) is 24.5 Å². The molecule has 0 amide bonds. The minimum absolute atomic E-state index is 0.214. The summed E-state index contributed by atoms with van der Waals surface area (Å²) in [6.07, 6.45) is 5.93. The summed E-state index contributed by atoms with van der Waals surface area (Å²) in [5, 5.41) is 3.67. The first-order valence-electron chi connectivity index (χ1n) is 9.42. The highest BCUT2D eigenvalue weighted by atomic mass is 16.5. The van der Waals surface area contributed by atoms with Gasteiger partial charge >= 0.3 is 0 Å². The number of fused-ring (bicyclic) bond motifs is 1. The molecule has 1 unspecified atom stereocenters. The Labute approximate surface area is 155 Å². The number of nitrogens with zero attached hydrogens (tertiary/aromatic N) is 4. The number of nitrogens with one attached hydrogen (secondary N) is 1. The van der Waals surface area contributed by atoms with Gasteiger partial charge in [0, 0.05) is 43.6 Å². The second kappa shape index (κ2) is 7.29. The quantitative estimate of drug-likeness (QED) is 0.911. The molecule has 4 rings (SSSR count). The van der Waals surface area contributed by atoms with Crippen LogP contribution in [-0.2, 0) is 17.7 Å². The molecule has 1 fully saturated rings. The number of hydrogen-bond acceptors (Lipinski definition) is 6. The van der Waals surface area contributed by atoms with E-state index in [0.717, 1.165) is 57.3 Å². The molecule has 0 spiro atoms. The molecule has 26 heavy (non-hydrogen) atoms. The van der Waals surface area contributed by atoms with Crippen molar-refractivity contribution in [2.75, 3.05) is 31.2 Å². The first kappa shape index (κ1) is 17.4. The van der Waals surface area contributed by atoms with E-state index in [1.165, 1.54) is 11.3 Å². The van der Waals surface area contributed by atoms with Crippen LogP contribution in [0.3, 0.4) is 0 Å². The van der Waals surface area contributed by atoms with E-state index in [2.05, 4.69) is 40.1 Å². The van der Waals surface area contributed by atoms with Crippen LogP contribution < -0.4 is 10.2 Å². The number of hydrogen-bond donors (Lipinski definition) is 1. The zero-order valence-corrected chi connectivity index (χ0v) is 15.6. The van der Waals surface area contributed by atoms with E-state index in [4.69, 9.17) is 9.72 Å². The Balaban J connectivity index is 1.55. The summed E-state index contributed by atoms with van der Waals surface area (Å²) in [4.78, 5) is 16.3. The molecule has 6 nitrogen and oxygen atoms in total. The van der Waals surface area contributed by atoms with Crippen LogP contribution in [0.4, 0.5) is 5.95 Å². The normalized spacial score (nSPS) is 22.1. The fourth-order valence-corrected chi connectivity index (χ4v) is 3.86. The van der Waals surface area contributed by atoms with Gasteiger partial charge in [-0.25, -0.2) is 9.97 Å². The lowest BCUT2D eigenvalue weighted by molar-refractivity contribution is 0.122. The number of aromatic nitrogens is 3. The van der Waals surface area contributed by atoms with Gasteiger partial charge in [-0.15, -0.1) is 0 Å². The highest BCUT2D eigenvalue weighted by molar-refractivity contribution is 5.36. The highest BCUT2D eigenvalue weighted by Crippen LogP contribution is 2.40. The van der Waals surface area contributed by atoms with Crippen molar-refractivity contribution in [3.63, 3.8) is 0 Å². The van der Waals surface area contributed by atoms with Crippen molar-refractivity contribution >= 4 is 5.95 Å². The number of ether oxygens (including phenoxy) is 1. The van der Waals surface area contributed by atoms with Gasteiger partial charge in [-0.2, -0.15) is 0 Å². The fourth-order valence-electron chi connectivity index (χ4n) is 3.86. The zero-order valence-electron chi connectivity index (χ0n) is 15.6. The first-order chi connectivity index (χ1) is 12.6. The molecule has 2 aromatic rings. The summed E-state index contributed by atoms with van der Waals surface area (Å²) in [6.45, 7) is 8.63. The second-order valence-corrected chi connectivity index (χ2v) is 7.97. The minimum atomic E-state index is 0.214. The third-order valence-electron chi connectivity index (χ3n) is 5.22. The molecule has 1 N–H and O–H groups in total. The van der Waals surface area contributed by atoms with Crippen molar-refractivity contribution in [1.82, 2.24) is 20.3 Å². The van der Waals surface area contributed by atoms with Crippen LogP contribution in [0.25, 0.3) is 0 Å². The third-order valence-corrected chi connectivity index (χ3v) is 5.22. The Morgan fingerprint density at radius 1 is 1.23 bits per heavy atom. The molecule has 1 atom stereocenters. The van der Waals surface area contributed by atoms with Crippen molar-refractivity contribution in [1.29, 1.82) is 0 Å². The van der Waals surface area contributed by atoms with Gasteiger partial charge in [0.05, 0.1) is 24.6 Å². The second-order valence-electron chi connectivity index (χ2n) is 7.97. The molecule has 0 radical (unpaired) electrons. The standard InChI is InChI=1S/C20H27N5O/c1-20(2)11-17(22-13-15-5-3-4-6-21-15)16-14-23-19(24-18(16)12-20)25-7-9-26-10-8-25/h3-6,14,17,22H,7-13H2,1-2H3.